The molecule has 1 amide bonds. The van der Waals surface area contributed by atoms with Crippen LogP contribution >= 0.6 is 23.2 Å². The van der Waals surface area contributed by atoms with E-state index in [-0.39, 0.29) is 11.7 Å². The Morgan fingerprint density at radius 3 is 2.70 bits per heavy atom. The minimum absolute atomic E-state index is 0.148. The lowest BCUT2D eigenvalue weighted by molar-refractivity contribution is -0.116. The van der Waals surface area contributed by atoms with Crippen LogP contribution in [0.25, 0.3) is 0 Å². The van der Waals surface area contributed by atoms with Crippen LogP contribution in [-0.4, -0.2) is 12.5 Å². The minimum atomic E-state index is -0.325. The number of nitrogens with one attached hydrogen (secondary N) is 1. The van der Waals surface area contributed by atoms with Crippen LogP contribution in [-0.2, 0) is 4.79 Å². The number of anilines is 1. The summed E-state index contributed by atoms with van der Waals surface area (Å²) < 4.78 is 18.5. The van der Waals surface area contributed by atoms with Gasteiger partial charge in [0.05, 0.1) is 11.6 Å². The second kappa shape index (κ2) is 8.18. The van der Waals surface area contributed by atoms with Gasteiger partial charge in [0.15, 0.2) is 0 Å². The maximum Gasteiger partial charge on any atom is 0.224 e. The molecule has 0 unspecified atom stereocenters. The van der Waals surface area contributed by atoms with E-state index in [0.717, 1.165) is 0 Å². The van der Waals surface area contributed by atoms with Gasteiger partial charge in [-0.25, -0.2) is 4.39 Å². The fraction of sp³-hybridized carbons (Fsp3) is 0.235. The van der Waals surface area contributed by atoms with E-state index in [1.807, 2.05) is 0 Å². The van der Waals surface area contributed by atoms with E-state index in [4.69, 9.17) is 27.9 Å². The molecular weight excluding hydrogens is 340 g/mol. The summed E-state index contributed by atoms with van der Waals surface area (Å²) in [4.78, 5) is 11.9. The summed E-state index contributed by atoms with van der Waals surface area (Å²) in [6, 6.07) is 9.21. The Hall–Kier alpha value is -1.78. The SMILES string of the molecule is Cc1cc(F)ccc1NC(=O)CCCOc1ccc(Cl)cc1Cl. The van der Waals surface area contributed by atoms with Crippen LogP contribution in [0.3, 0.4) is 0 Å². The Morgan fingerprint density at radius 1 is 1.22 bits per heavy atom. The molecule has 0 aliphatic carbocycles. The summed E-state index contributed by atoms with van der Waals surface area (Å²) in [5.41, 5.74) is 1.29. The lowest BCUT2D eigenvalue weighted by atomic mass is 10.2. The predicted octanol–water partition coefficient (Wildman–Crippen LogP) is 5.24. The quantitative estimate of drug-likeness (QED) is 0.719. The molecule has 3 nitrogen and oxygen atoms in total. The maximum absolute atomic E-state index is 13.0. The van der Waals surface area contributed by atoms with Gasteiger partial charge in [0.1, 0.15) is 11.6 Å². The van der Waals surface area contributed by atoms with Gasteiger partial charge >= 0.3 is 0 Å². The summed E-state index contributed by atoms with van der Waals surface area (Å²) in [6.45, 7) is 2.10. The van der Waals surface area contributed by atoms with E-state index in [0.29, 0.717) is 46.5 Å². The van der Waals surface area contributed by atoms with Gasteiger partial charge in [0.2, 0.25) is 5.91 Å². The summed E-state index contributed by atoms with van der Waals surface area (Å²) in [5.74, 6) is 0.0603. The zero-order chi connectivity index (χ0) is 16.8. The van der Waals surface area contributed by atoms with Crippen molar-refractivity contribution in [1.29, 1.82) is 0 Å². The molecule has 0 spiro atoms. The molecule has 0 atom stereocenters. The van der Waals surface area contributed by atoms with Crippen LogP contribution in [0.15, 0.2) is 36.4 Å². The molecule has 0 saturated carbocycles. The highest BCUT2D eigenvalue weighted by molar-refractivity contribution is 6.35. The van der Waals surface area contributed by atoms with Crippen molar-refractivity contribution < 1.29 is 13.9 Å². The summed E-state index contributed by atoms with van der Waals surface area (Å²) in [6.07, 6.45) is 0.826. The summed E-state index contributed by atoms with van der Waals surface area (Å²) in [7, 11) is 0. The molecule has 1 N–H and O–H groups in total. The number of carbonyl (C=O) groups is 1. The van der Waals surface area contributed by atoms with Gasteiger partial charge in [-0.1, -0.05) is 23.2 Å². The Balaban J connectivity index is 1.76. The molecule has 2 aromatic carbocycles. The highest BCUT2D eigenvalue weighted by Gasteiger charge is 2.07. The fourth-order valence-corrected chi connectivity index (χ4v) is 2.45. The van der Waals surface area contributed by atoms with Crippen molar-refractivity contribution in [2.24, 2.45) is 0 Å². The van der Waals surface area contributed by atoms with Crippen LogP contribution in [0.5, 0.6) is 5.75 Å². The van der Waals surface area contributed by atoms with Crippen molar-refractivity contribution in [2.45, 2.75) is 19.8 Å². The number of aryl methyl sites for hydroxylation is 1. The third kappa shape index (κ3) is 5.41. The smallest absolute Gasteiger partial charge is 0.224 e. The van der Waals surface area contributed by atoms with E-state index >= 15 is 0 Å². The molecular formula is C17H16Cl2FNO2. The average molecular weight is 356 g/mol. The van der Waals surface area contributed by atoms with Crippen LogP contribution < -0.4 is 10.1 Å². The number of rotatable bonds is 6. The Kier molecular flexibility index (Phi) is 6.25. The second-order valence-corrected chi connectivity index (χ2v) is 5.88. The van der Waals surface area contributed by atoms with E-state index < -0.39 is 0 Å². The second-order valence-electron chi connectivity index (χ2n) is 5.03. The van der Waals surface area contributed by atoms with Gasteiger partial charge in [0.25, 0.3) is 0 Å². The number of ether oxygens (including phenoxy) is 1. The molecule has 0 fully saturated rings. The van der Waals surface area contributed by atoms with Gasteiger partial charge in [0, 0.05) is 17.1 Å². The van der Waals surface area contributed by atoms with E-state index in [2.05, 4.69) is 5.32 Å². The number of benzene rings is 2. The first-order valence-corrected chi connectivity index (χ1v) is 7.85. The third-order valence-electron chi connectivity index (χ3n) is 3.16. The fourth-order valence-electron chi connectivity index (χ4n) is 1.99. The van der Waals surface area contributed by atoms with Gasteiger partial charge in [-0.05, 0) is 55.3 Å². The number of hydrogen-bond acceptors (Lipinski definition) is 2. The minimum Gasteiger partial charge on any atom is -0.492 e. The summed E-state index contributed by atoms with van der Waals surface area (Å²) >= 11 is 11.8. The third-order valence-corrected chi connectivity index (χ3v) is 3.69. The maximum atomic E-state index is 13.0. The number of carbonyl (C=O) groups excluding carboxylic acids is 1. The van der Waals surface area contributed by atoms with Crippen LogP contribution in [0.4, 0.5) is 10.1 Å². The van der Waals surface area contributed by atoms with Crippen LogP contribution in [0.1, 0.15) is 18.4 Å². The van der Waals surface area contributed by atoms with Crippen LogP contribution in [0.2, 0.25) is 10.0 Å². The average Bonchev–Trinajstić information content (AvgIpc) is 2.48. The van der Waals surface area contributed by atoms with Gasteiger partial charge in [-0.2, -0.15) is 0 Å². The number of amides is 1. The predicted molar refractivity (Wildman–Crippen MR) is 91.0 cm³/mol. The largest absolute Gasteiger partial charge is 0.492 e. The van der Waals surface area contributed by atoms with Gasteiger partial charge in [-0.3, -0.25) is 4.79 Å². The molecule has 0 aliphatic heterocycles. The lowest BCUT2D eigenvalue weighted by Gasteiger charge is -2.10. The first-order valence-electron chi connectivity index (χ1n) is 7.09. The normalized spacial score (nSPS) is 10.4. The highest BCUT2D eigenvalue weighted by Crippen LogP contribution is 2.27. The number of halogens is 3. The molecule has 0 saturated heterocycles. The van der Waals surface area contributed by atoms with E-state index in [1.54, 1.807) is 31.2 Å². The number of hydrogen-bond donors (Lipinski definition) is 1. The van der Waals surface area contributed by atoms with Gasteiger partial charge in [-0.15, -0.1) is 0 Å². The molecule has 23 heavy (non-hydrogen) atoms. The Labute approximate surface area is 144 Å². The van der Waals surface area contributed by atoms with Crippen molar-refractivity contribution in [2.75, 3.05) is 11.9 Å². The zero-order valence-electron chi connectivity index (χ0n) is 12.5. The molecule has 6 heteroatoms. The molecule has 0 heterocycles. The molecule has 122 valence electrons. The molecule has 0 aromatic heterocycles. The first kappa shape index (κ1) is 17.6. The highest BCUT2D eigenvalue weighted by atomic mass is 35.5. The molecule has 0 aliphatic rings. The molecule has 0 bridgehead atoms. The molecule has 2 aromatic rings. The Morgan fingerprint density at radius 2 is 2.00 bits per heavy atom. The lowest BCUT2D eigenvalue weighted by Crippen LogP contribution is -2.13. The van der Waals surface area contributed by atoms with Crippen molar-refractivity contribution >= 4 is 34.8 Å². The summed E-state index contributed by atoms with van der Waals surface area (Å²) in [5, 5.41) is 3.72. The van der Waals surface area contributed by atoms with Gasteiger partial charge < -0.3 is 10.1 Å². The molecule has 2 rings (SSSR count). The monoisotopic (exact) mass is 355 g/mol. The van der Waals surface area contributed by atoms with Crippen molar-refractivity contribution in [3.63, 3.8) is 0 Å². The van der Waals surface area contributed by atoms with Crippen LogP contribution in [0, 0.1) is 12.7 Å². The topological polar surface area (TPSA) is 38.3 Å². The first-order chi connectivity index (χ1) is 11.0. The standard InChI is InChI=1S/C17H16Cl2FNO2/c1-11-9-13(20)5-6-15(11)21-17(22)3-2-8-23-16-7-4-12(18)10-14(16)19/h4-7,9-10H,2-3,8H2,1H3,(H,21,22). The van der Waals surface area contributed by atoms with Crippen molar-refractivity contribution in [1.82, 2.24) is 0 Å². The zero-order valence-corrected chi connectivity index (χ0v) is 14.0. The van der Waals surface area contributed by atoms with Crippen molar-refractivity contribution in [3.05, 3.63) is 57.8 Å². The molecule has 0 radical (unpaired) electrons. The van der Waals surface area contributed by atoms with Crippen molar-refractivity contribution in [3.8, 4) is 5.75 Å². The Bertz CT molecular complexity index is 707. The van der Waals surface area contributed by atoms with E-state index in [1.165, 1.54) is 12.1 Å². The van der Waals surface area contributed by atoms with E-state index in [9.17, 15) is 9.18 Å².